The maximum atomic E-state index is 12.6. The molecule has 2 heterocycles. The molecule has 5 nitrogen and oxygen atoms in total. The summed E-state index contributed by atoms with van der Waals surface area (Å²) in [6, 6.07) is 7.63. The third-order valence-electron chi connectivity index (χ3n) is 3.99. The Kier molecular flexibility index (Phi) is 6.70. The molecule has 0 aliphatic carbocycles. The second-order valence-corrected chi connectivity index (χ2v) is 8.36. The lowest BCUT2D eigenvalue weighted by molar-refractivity contribution is -0.115. The van der Waals surface area contributed by atoms with Gasteiger partial charge in [0.15, 0.2) is 11.5 Å². The maximum Gasteiger partial charge on any atom is 0.228 e. The van der Waals surface area contributed by atoms with E-state index in [-0.39, 0.29) is 12.3 Å². The van der Waals surface area contributed by atoms with Crippen LogP contribution >= 0.6 is 22.7 Å². The van der Waals surface area contributed by atoms with Gasteiger partial charge in [0.2, 0.25) is 5.91 Å². The largest absolute Gasteiger partial charge is 0.490 e. The van der Waals surface area contributed by atoms with E-state index in [0.717, 1.165) is 31.7 Å². The fourth-order valence-corrected chi connectivity index (χ4v) is 4.60. The number of ether oxygens (including phenoxy) is 2. The molecule has 0 unspecified atom stereocenters. The minimum absolute atomic E-state index is 0.0608. The number of nitrogens with one attached hydrogen (secondary N) is 1. The number of thiophene rings is 1. The minimum Gasteiger partial charge on any atom is -0.490 e. The van der Waals surface area contributed by atoms with Gasteiger partial charge in [-0.1, -0.05) is 6.07 Å². The number of nitrogens with zero attached hydrogens (tertiary/aromatic N) is 1. The molecule has 0 aliphatic rings. The molecular weight excluding hydrogens is 392 g/mol. The lowest BCUT2D eigenvalue weighted by atomic mass is 10.1. The van der Waals surface area contributed by atoms with Gasteiger partial charge in [-0.25, -0.2) is 4.98 Å². The number of anilines is 1. The lowest BCUT2D eigenvalue weighted by Crippen LogP contribution is -2.14. The van der Waals surface area contributed by atoms with E-state index < -0.39 is 0 Å². The quantitative estimate of drug-likeness (QED) is 0.529. The molecule has 7 heteroatoms. The summed E-state index contributed by atoms with van der Waals surface area (Å²) >= 11 is 3.26. The lowest BCUT2D eigenvalue weighted by Gasteiger charge is -2.12. The van der Waals surface area contributed by atoms with Crippen LogP contribution in [-0.4, -0.2) is 24.1 Å². The van der Waals surface area contributed by atoms with E-state index in [1.165, 1.54) is 0 Å². The zero-order chi connectivity index (χ0) is 20.1. The first-order valence-corrected chi connectivity index (χ1v) is 10.9. The van der Waals surface area contributed by atoms with Crippen molar-refractivity contribution in [3.05, 3.63) is 45.8 Å². The maximum absolute atomic E-state index is 12.6. The molecule has 1 N–H and O–H groups in total. The molecule has 3 aromatic rings. The SMILES string of the molecule is CCOc1ccc(CC(=O)Nc2cc(-c3nc(C)cs3)sc2C)cc1OCC. The van der Waals surface area contributed by atoms with Crippen molar-refractivity contribution in [1.82, 2.24) is 4.98 Å². The molecule has 0 atom stereocenters. The Bertz CT molecular complexity index is 962. The van der Waals surface area contributed by atoms with Crippen LogP contribution in [0.3, 0.4) is 0 Å². The van der Waals surface area contributed by atoms with E-state index in [9.17, 15) is 4.79 Å². The summed E-state index contributed by atoms with van der Waals surface area (Å²) in [6.07, 6.45) is 0.271. The van der Waals surface area contributed by atoms with Crippen LogP contribution in [0.1, 0.15) is 30.0 Å². The second-order valence-electron chi connectivity index (χ2n) is 6.25. The van der Waals surface area contributed by atoms with Gasteiger partial charge in [-0.05, 0) is 51.5 Å². The fourth-order valence-electron chi connectivity index (χ4n) is 2.76. The van der Waals surface area contributed by atoms with Gasteiger partial charge < -0.3 is 14.8 Å². The number of hydrogen-bond donors (Lipinski definition) is 1. The number of aromatic nitrogens is 1. The minimum atomic E-state index is -0.0608. The molecule has 28 heavy (non-hydrogen) atoms. The van der Waals surface area contributed by atoms with Crippen LogP contribution in [0.25, 0.3) is 9.88 Å². The molecule has 1 aromatic carbocycles. The summed E-state index contributed by atoms with van der Waals surface area (Å²) in [5.41, 5.74) is 2.74. The molecule has 2 aromatic heterocycles. The van der Waals surface area contributed by atoms with Gasteiger partial charge in [-0.2, -0.15) is 0 Å². The highest BCUT2D eigenvalue weighted by atomic mass is 32.1. The molecule has 0 saturated carbocycles. The van der Waals surface area contributed by atoms with Gasteiger partial charge in [0.1, 0.15) is 5.01 Å². The van der Waals surface area contributed by atoms with Gasteiger partial charge in [0.25, 0.3) is 0 Å². The Morgan fingerprint density at radius 3 is 2.54 bits per heavy atom. The Morgan fingerprint density at radius 2 is 1.86 bits per heavy atom. The number of amides is 1. The number of carbonyl (C=O) groups is 1. The Morgan fingerprint density at radius 1 is 1.11 bits per heavy atom. The molecule has 1 amide bonds. The van der Waals surface area contributed by atoms with Crippen LogP contribution in [0.15, 0.2) is 29.6 Å². The Balaban J connectivity index is 1.70. The zero-order valence-corrected chi connectivity index (χ0v) is 18.1. The van der Waals surface area contributed by atoms with Crippen LogP contribution < -0.4 is 14.8 Å². The van der Waals surface area contributed by atoms with Gasteiger partial charge in [0, 0.05) is 16.0 Å². The Hall–Kier alpha value is -2.38. The number of thiazole rings is 1. The smallest absolute Gasteiger partial charge is 0.228 e. The van der Waals surface area contributed by atoms with Gasteiger partial charge in [-0.3, -0.25) is 4.79 Å². The van der Waals surface area contributed by atoms with Crippen molar-refractivity contribution in [2.45, 2.75) is 34.1 Å². The predicted molar refractivity (Wildman–Crippen MR) is 116 cm³/mol. The third kappa shape index (κ3) is 4.91. The highest BCUT2D eigenvalue weighted by molar-refractivity contribution is 7.21. The molecule has 0 saturated heterocycles. The van der Waals surface area contributed by atoms with Gasteiger partial charge in [0.05, 0.1) is 30.2 Å². The van der Waals surface area contributed by atoms with Crippen molar-refractivity contribution in [3.8, 4) is 21.4 Å². The number of aryl methyl sites for hydroxylation is 2. The molecule has 0 bridgehead atoms. The van der Waals surface area contributed by atoms with Crippen molar-refractivity contribution < 1.29 is 14.3 Å². The predicted octanol–water partition coefficient (Wildman–Crippen LogP) is 5.47. The molecule has 148 valence electrons. The van der Waals surface area contributed by atoms with E-state index in [1.807, 2.05) is 57.3 Å². The summed E-state index contributed by atoms with van der Waals surface area (Å²) in [4.78, 5) is 19.2. The number of rotatable bonds is 8. The number of benzene rings is 1. The molecule has 0 radical (unpaired) electrons. The summed E-state index contributed by atoms with van der Waals surface area (Å²) < 4.78 is 11.2. The average molecular weight is 417 g/mol. The van der Waals surface area contributed by atoms with Crippen molar-refractivity contribution in [1.29, 1.82) is 0 Å². The molecule has 0 fully saturated rings. The first-order valence-electron chi connectivity index (χ1n) is 9.21. The van der Waals surface area contributed by atoms with Crippen molar-refractivity contribution >= 4 is 34.3 Å². The zero-order valence-electron chi connectivity index (χ0n) is 16.5. The normalized spacial score (nSPS) is 10.7. The van der Waals surface area contributed by atoms with Crippen molar-refractivity contribution in [2.24, 2.45) is 0 Å². The number of carbonyl (C=O) groups excluding carboxylic acids is 1. The summed E-state index contributed by atoms with van der Waals surface area (Å²) in [7, 11) is 0. The van der Waals surface area contributed by atoms with Crippen LogP contribution in [0.2, 0.25) is 0 Å². The van der Waals surface area contributed by atoms with Gasteiger partial charge in [-0.15, -0.1) is 22.7 Å². The average Bonchev–Trinajstić information content (AvgIpc) is 3.24. The summed E-state index contributed by atoms with van der Waals surface area (Å²) in [6.45, 7) is 8.96. The van der Waals surface area contributed by atoms with Crippen LogP contribution in [0, 0.1) is 13.8 Å². The molecular formula is C21H24N2O3S2. The van der Waals surface area contributed by atoms with Crippen molar-refractivity contribution in [2.75, 3.05) is 18.5 Å². The monoisotopic (exact) mass is 416 g/mol. The van der Waals surface area contributed by atoms with E-state index >= 15 is 0 Å². The van der Waals surface area contributed by atoms with E-state index in [1.54, 1.807) is 22.7 Å². The second kappa shape index (κ2) is 9.21. The molecule has 3 rings (SSSR count). The van der Waals surface area contributed by atoms with Crippen LogP contribution in [-0.2, 0) is 11.2 Å². The van der Waals surface area contributed by atoms with E-state index in [0.29, 0.717) is 24.7 Å². The first kappa shape index (κ1) is 20.4. The highest BCUT2D eigenvalue weighted by Crippen LogP contribution is 2.36. The fraction of sp³-hybridized carbons (Fsp3) is 0.333. The van der Waals surface area contributed by atoms with Gasteiger partial charge >= 0.3 is 0 Å². The first-order chi connectivity index (χ1) is 13.5. The summed E-state index contributed by atoms with van der Waals surface area (Å²) in [5, 5.41) is 6.04. The van der Waals surface area contributed by atoms with Crippen molar-refractivity contribution in [3.63, 3.8) is 0 Å². The standard InChI is InChI=1S/C21H24N2O3S2/c1-5-25-17-8-7-15(9-18(17)26-6-2)10-20(24)23-16-11-19(28-14(16)4)21-22-13(3)12-27-21/h7-9,11-12H,5-6,10H2,1-4H3,(H,23,24). The molecule has 0 spiro atoms. The Labute approximate surface area is 173 Å². The van der Waals surface area contributed by atoms with E-state index in [2.05, 4.69) is 10.3 Å². The highest BCUT2D eigenvalue weighted by Gasteiger charge is 2.14. The molecule has 0 aliphatic heterocycles. The topological polar surface area (TPSA) is 60.5 Å². The summed E-state index contributed by atoms with van der Waals surface area (Å²) in [5.74, 6) is 1.31. The number of hydrogen-bond acceptors (Lipinski definition) is 6. The van der Waals surface area contributed by atoms with Crippen LogP contribution in [0.4, 0.5) is 5.69 Å². The van der Waals surface area contributed by atoms with E-state index in [4.69, 9.17) is 9.47 Å². The third-order valence-corrected chi connectivity index (χ3v) is 6.17. The van der Waals surface area contributed by atoms with Crippen LogP contribution in [0.5, 0.6) is 11.5 Å².